The number of likely N-dealkylation sites (tertiary alicyclic amines) is 1. The van der Waals surface area contributed by atoms with E-state index in [1.165, 1.54) is 45.3 Å². The highest BCUT2D eigenvalue weighted by molar-refractivity contribution is 6.53. The lowest BCUT2D eigenvalue weighted by molar-refractivity contribution is -0.392. The number of rotatable bonds is 6. The summed E-state index contributed by atoms with van der Waals surface area (Å²) in [5.41, 5.74) is -1.30. The maximum atomic E-state index is 14.3. The van der Waals surface area contributed by atoms with Crippen LogP contribution in [0.5, 0.6) is 11.5 Å². The van der Waals surface area contributed by atoms with E-state index in [0.717, 1.165) is 17.0 Å². The number of hydrogen-bond acceptors (Lipinski definition) is 11. The molecule has 4 amide bonds. The van der Waals surface area contributed by atoms with Crippen molar-refractivity contribution in [2.24, 2.45) is 17.8 Å². The molecule has 6 atom stereocenters. The van der Waals surface area contributed by atoms with E-state index in [2.05, 4.69) is 0 Å². The van der Waals surface area contributed by atoms with E-state index in [0.29, 0.717) is 16.0 Å². The van der Waals surface area contributed by atoms with E-state index in [1.54, 1.807) is 12.1 Å². The third kappa shape index (κ3) is 4.18. The average molecular weight is 688 g/mol. The van der Waals surface area contributed by atoms with Gasteiger partial charge >= 0.3 is 11.4 Å². The van der Waals surface area contributed by atoms with Gasteiger partial charge in [0.15, 0.2) is 26.9 Å². The minimum absolute atomic E-state index is 0.0175. The van der Waals surface area contributed by atoms with Crippen molar-refractivity contribution in [1.29, 1.82) is 0 Å². The van der Waals surface area contributed by atoms with Crippen molar-refractivity contribution in [2.45, 2.75) is 28.5 Å². The fourth-order valence-electron chi connectivity index (χ4n) is 7.71. The van der Waals surface area contributed by atoms with Crippen molar-refractivity contribution < 1.29 is 38.9 Å². The Bertz CT molecular complexity index is 1830. The standard InChI is InChI=1S/C30H27Cl2N5O10/c1-33(2)24-18(36(43)44)10-14(11-19(24)37(45)46)35-25(39)16-7-6-15-17(22(16)26(35)40)12-29(31)27(41)34(3)28(42)30(29,32)23(15)13-5-8-21(47-4)20(38)9-13/h5-6,8-11,16-17,22-23,38H,7,12H2,1-4H3. The summed E-state index contributed by atoms with van der Waals surface area (Å²) in [7, 11) is 5.36. The molecule has 0 aromatic heterocycles. The summed E-state index contributed by atoms with van der Waals surface area (Å²) in [6, 6.07) is 6.21. The number of hydrogen-bond donors (Lipinski definition) is 1. The molecule has 2 aromatic carbocycles. The summed E-state index contributed by atoms with van der Waals surface area (Å²) in [6.07, 6.45) is 1.34. The lowest BCUT2D eigenvalue weighted by atomic mass is 9.56. The van der Waals surface area contributed by atoms with Gasteiger partial charge in [0.05, 0.1) is 34.5 Å². The van der Waals surface area contributed by atoms with Crippen LogP contribution in [0.25, 0.3) is 0 Å². The number of aromatic hydroxyl groups is 1. The number of alkyl halides is 2. The first-order valence-corrected chi connectivity index (χ1v) is 15.1. The van der Waals surface area contributed by atoms with E-state index >= 15 is 0 Å². The number of phenolic OH excluding ortho intramolecular Hbond substituents is 1. The van der Waals surface area contributed by atoms with Crippen LogP contribution in [0.15, 0.2) is 42.0 Å². The number of carbonyl (C=O) groups is 4. The molecule has 2 saturated heterocycles. The molecule has 15 nitrogen and oxygen atoms in total. The second-order valence-electron chi connectivity index (χ2n) is 12.2. The summed E-state index contributed by atoms with van der Waals surface area (Å²) in [4.78, 5) is 76.4. The summed E-state index contributed by atoms with van der Waals surface area (Å²) < 4.78 is 5.16. The molecule has 3 fully saturated rings. The zero-order valence-corrected chi connectivity index (χ0v) is 26.8. The number of nitro benzene ring substituents is 2. The number of ether oxygens (including phenoxy) is 1. The first kappa shape index (κ1) is 32.2. The number of allylic oxidation sites excluding steroid dienone is 2. The molecule has 47 heavy (non-hydrogen) atoms. The minimum atomic E-state index is -2.08. The van der Waals surface area contributed by atoms with Crippen LogP contribution in [0.3, 0.4) is 0 Å². The highest BCUT2D eigenvalue weighted by Gasteiger charge is 2.76. The molecule has 1 saturated carbocycles. The van der Waals surface area contributed by atoms with Gasteiger partial charge in [-0.05, 0) is 36.5 Å². The average Bonchev–Trinajstić information content (AvgIpc) is 3.34. The van der Waals surface area contributed by atoms with E-state index < -0.39 is 78.3 Å². The first-order chi connectivity index (χ1) is 22.0. The molecule has 0 spiro atoms. The fourth-order valence-corrected chi connectivity index (χ4v) is 8.73. The number of anilines is 2. The molecule has 1 N–H and O–H groups in total. The molecule has 2 aliphatic carbocycles. The third-order valence-corrected chi connectivity index (χ3v) is 11.1. The number of nitro groups is 2. The summed E-state index contributed by atoms with van der Waals surface area (Å²) in [6.45, 7) is 0. The molecular formula is C30H27Cl2N5O10. The Hall–Kier alpha value is -4.76. The number of methoxy groups -OCH3 is 1. The van der Waals surface area contributed by atoms with Gasteiger partial charge in [-0.15, -0.1) is 23.2 Å². The van der Waals surface area contributed by atoms with Crippen molar-refractivity contribution in [3.63, 3.8) is 0 Å². The number of carbonyl (C=O) groups excluding carboxylic acids is 4. The number of halogens is 2. The number of benzene rings is 2. The Morgan fingerprint density at radius 3 is 2.13 bits per heavy atom. The second kappa shape index (κ2) is 10.6. The van der Waals surface area contributed by atoms with Crippen molar-refractivity contribution in [1.82, 2.24) is 4.90 Å². The molecule has 6 rings (SSSR count). The minimum Gasteiger partial charge on any atom is -0.504 e. The maximum absolute atomic E-state index is 14.3. The van der Waals surface area contributed by atoms with Gasteiger partial charge in [0, 0.05) is 39.2 Å². The van der Waals surface area contributed by atoms with Crippen LogP contribution in [0.2, 0.25) is 0 Å². The smallest absolute Gasteiger partial charge is 0.301 e. The molecule has 246 valence electrons. The number of nitrogens with zero attached hydrogens (tertiary/aromatic N) is 5. The van der Waals surface area contributed by atoms with E-state index in [4.69, 9.17) is 27.9 Å². The maximum Gasteiger partial charge on any atom is 0.301 e. The van der Waals surface area contributed by atoms with Crippen LogP contribution < -0.4 is 14.5 Å². The predicted octanol–water partition coefficient (Wildman–Crippen LogP) is 3.48. The lowest BCUT2D eigenvalue weighted by Gasteiger charge is -2.50. The summed E-state index contributed by atoms with van der Waals surface area (Å²) in [5, 5.41) is 34.7. The molecule has 0 bridgehead atoms. The van der Waals surface area contributed by atoms with Gasteiger partial charge in [0.2, 0.25) is 11.8 Å². The predicted molar refractivity (Wildman–Crippen MR) is 167 cm³/mol. The number of phenols is 1. The van der Waals surface area contributed by atoms with Crippen LogP contribution in [-0.4, -0.2) is 81.5 Å². The molecule has 2 aliphatic heterocycles. The van der Waals surface area contributed by atoms with Gasteiger partial charge < -0.3 is 14.7 Å². The van der Waals surface area contributed by atoms with Crippen LogP contribution in [0, 0.1) is 38.0 Å². The topological polar surface area (TPSA) is 194 Å². The highest BCUT2D eigenvalue weighted by atomic mass is 35.5. The Balaban J connectivity index is 1.51. The lowest BCUT2D eigenvalue weighted by Crippen LogP contribution is -2.60. The number of imide groups is 2. The molecule has 17 heteroatoms. The van der Waals surface area contributed by atoms with Gasteiger partial charge in [-0.3, -0.25) is 44.3 Å². The summed E-state index contributed by atoms with van der Waals surface area (Å²) in [5.74, 6) is -7.53. The van der Waals surface area contributed by atoms with Gasteiger partial charge in [0.25, 0.3) is 11.8 Å². The zero-order chi connectivity index (χ0) is 34.5. The van der Waals surface area contributed by atoms with Crippen molar-refractivity contribution in [3.05, 3.63) is 67.8 Å². The molecule has 6 unspecified atom stereocenters. The van der Waals surface area contributed by atoms with Crippen LogP contribution in [0.1, 0.15) is 24.3 Å². The number of amides is 4. The largest absolute Gasteiger partial charge is 0.504 e. The summed E-state index contributed by atoms with van der Waals surface area (Å²) >= 11 is 14.3. The zero-order valence-electron chi connectivity index (χ0n) is 25.3. The molecule has 0 radical (unpaired) electrons. The van der Waals surface area contributed by atoms with Gasteiger partial charge in [-0.25, -0.2) is 4.90 Å². The molecular weight excluding hydrogens is 661 g/mol. The van der Waals surface area contributed by atoms with E-state index in [-0.39, 0.29) is 35.7 Å². The Labute approximate surface area is 276 Å². The van der Waals surface area contributed by atoms with E-state index in [9.17, 15) is 44.5 Å². The SMILES string of the molecule is COc1ccc(C2C3=CCC4C(=O)N(c5cc([N+](=O)[O-])c(N(C)C)c([N+](=O)[O-])c5)C(=O)C4C3CC3(Cl)C(=O)N(C)C(=O)C23Cl)cc1O. The Kier molecular flexibility index (Phi) is 7.28. The van der Waals surface area contributed by atoms with Gasteiger partial charge in [-0.2, -0.15) is 0 Å². The van der Waals surface area contributed by atoms with Crippen LogP contribution in [0.4, 0.5) is 22.7 Å². The van der Waals surface area contributed by atoms with Crippen molar-refractivity contribution >= 4 is 69.6 Å². The van der Waals surface area contributed by atoms with Gasteiger partial charge in [-0.1, -0.05) is 17.7 Å². The third-order valence-electron chi connectivity index (χ3n) is 9.70. The molecule has 2 aromatic rings. The van der Waals surface area contributed by atoms with Gasteiger partial charge in [0.1, 0.15) is 0 Å². The fraction of sp³-hybridized carbons (Fsp3) is 0.400. The normalized spacial score (nSPS) is 29.7. The quantitative estimate of drug-likeness (QED) is 0.154. The Morgan fingerprint density at radius 2 is 1.60 bits per heavy atom. The van der Waals surface area contributed by atoms with E-state index in [1.807, 2.05) is 0 Å². The highest BCUT2D eigenvalue weighted by Crippen LogP contribution is 2.65. The first-order valence-electron chi connectivity index (χ1n) is 14.3. The molecule has 4 aliphatic rings. The monoisotopic (exact) mass is 687 g/mol. The van der Waals surface area contributed by atoms with Crippen molar-refractivity contribution in [3.8, 4) is 11.5 Å². The Morgan fingerprint density at radius 1 is 0.979 bits per heavy atom. The van der Waals surface area contributed by atoms with Crippen LogP contribution >= 0.6 is 23.2 Å². The molecule has 2 heterocycles. The number of fused-ring (bicyclic) bond motifs is 4. The van der Waals surface area contributed by atoms with Crippen LogP contribution in [-0.2, 0) is 19.2 Å². The second-order valence-corrected chi connectivity index (χ2v) is 13.4. The van der Waals surface area contributed by atoms with Crippen molar-refractivity contribution in [2.75, 3.05) is 38.1 Å².